The highest BCUT2D eigenvalue weighted by atomic mass is 35.5. The lowest BCUT2D eigenvalue weighted by molar-refractivity contribution is 0.271. The maximum atomic E-state index is 12.0. The molecule has 0 radical (unpaired) electrons. The number of hydrogen-bond donors (Lipinski definition) is 0. The molecule has 2 rings (SSSR count). The molecule has 1 aromatic carbocycles. The molecule has 0 unspecified atom stereocenters. The van der Waals surface area contributed by atoms with Crippen molar-refractivity contribution in [3.05, 3.63) is 45.3 Å². The zero-order chi connectivity index (χ0) is 17.0. The molecule has 1 aromatic heterocycles. The van der Waals surface area contributed by atoms with E-state index in [1.165, 1.54) is 12.3 Å². The molecule has 0 aliphatic rings. The fraction of sp³-hybridized carbons (Fsp3) is 0.267. The fourth-order valence-electron chi connectivity index (χ4n) is 1.63. The lowest BCUT2D eigenvalue weighted by atomic mass is 10.2. The van der Waals surface area contributed by atoms with Gasteiger partial charge in [0, 0.05) is 6.21 Å². The Bertz CT molecular complexity index is 777. The first kappa shape index (κ1) is 18.3. The van der Waals surface area contributed by atoms with Crippen LogP contribution in [0, 0.1) is 5.92 Å². The van der Waals surface area contributed by atoms with Crippen molar-refractivity contribution in [1.29, 1.82) is 0 Å². The number of benzene rings is 1. The summed E-state index contributed by atoms with van der Waals surface area (Å²) in [7, 11) is -3.70. The van der Waals surface area contributed by atoms with Gasteiger partial charge < -0.3 is 4.74 Å². The van der Waals surface area contributed by atoms with Crippen LogP contribution >= 0.6 is 34.5 Å². The van der Waals surface area contributed by atoms with Crippen molar-refractivity contribution in [2.24, 2.45) is 10.3 Å². The van der Waals surface area contributed by atoms with Crippen LogP contribution in [0.5, 0.6) is 5.75 Å². The summed E-state index contributed by atoms with van der Waals surface area (Å²) < 4.78 is 33.4. The van der Waals surface area contributed by atoms with Gasteiger partial charge in [-0.3, -0.25) is 0 Å². The number of ether oxygens (including phenoxy) is 1. The molecule has 0 aliphatic carbocycles. The van der Waals surface area contributed by atoms with Gasteiger partial charge in [-0.25, -0.2) is 0 Å². The van der Waals surface area contributed by atoms with E-state index in [1.807, 2.05) is 13.8 Å². The van der Waals surface area contributed by atoms with Gasteiger partial charge >= 0.3 is 0 Å². The molecule has 0 fully saturated rings. The molecule has 0 bridgehead atoms. The Kier molecular flexibility index (Phi) is 6.08. The zero-order valence-electron chi connectivity index (χ0n) is 12.5. The minimum Gasteiger partial charge on any atom is -0.490 e. The van der Waals surface area contributed by atoms with Gasteiger partial charge in [0.2, 0.25) is 0 Å². The molecule has 124 valence electrons. The van der Waals surface area contributed by atoms with Crippen LogP contribution in [0.1, 0.15) is 19.4 Å². The Balaban J connectivity index is 2.23. The first-order valence-electron chi connectivity index (χ1n) is 6.75. The standard InChI is InChI=1S/C15H15Cl2NO3S2/c1-10(2)9-21-15-12(16)6-11(7-13(15)17)8-18-23(19,20)14-4-3-5-22-14/h3-8,10H,9H2,1-2H3/b18-8-. The van der Waals surface area contributed by atoms with Crippen molar-refractivity contribution in [3.8, 4) is 5.75 Å². The lowest BCUT2D eigenvalue weighted by Crippen LogP contribution is -2.05. The van der Waals surface area contributed by atoms with Gasteiger partial charge in [0.25, 0.3) is 10.0 Å². The Morgan fingerprint density at radius 3 is 2.48 bits per heavy atom. The molecule has 0 N–H and O–H groups in total. The van der Waals surface area contributed by atoms with Crippen LogP contribution in [0.2, 0.25) is 10.0 Å². The molecule has 4 nitrogen and oxygen atoms in total. The van der Waals surface area contributed by atoms with Crippen molar-refractivity contribution in [3.63, 3.8) is 0 Å². The number of halogens is 2. The number of sulfonamides is 1. The summed E-state index contributed by atoms with van der Waals surface area (Å²) in [6.45, 7) is 4.51. The molecule has 0 aliphatic heterocycles. The van der Waals surface area contributed by atoms with E-state index in [0.717, 1.165) is 11.3 Å². The van der Waals surface area contributed by atoms with Gasteiger partial charge in [0.15, 0.2) is 5.75 Å². The SMILES string of the molecule is CC(C)COc1c(Cl)cc(/C=N\S(=O)(=O)c2cccs2)cc1Cl. The van der Waals surface area contributed by atoms with E-state index in [2.05, 4.69) is 4.40 Å². The predicted molar refractivity (Wildman–Crippen MR) is 95.9 cm³/mol. The van der Waals surface area contributed by atoms with Crippen LogP contribution in [-0.4, -0.2) is 21.2 Å². The summed E-state index contributed by atoms with van der Waals surface area (Å²) in [4.78, 5) is 0. The van der Waals surface area contributed by atoms with E-state index in [-0.39, 0.29) is 4.21 Å². The van der Waals surface area contributed by atoms with Crippen molar-refractivity contribution in [1.82, 2.24) is 0 Å². The van der Waals surface area contributed by atoms with E-state index >= 15 is 0 Å². The third-order valence-electron chi connectivity index (χ3n) is 2.67. The maximum Gasteiger partial charge on any atom is 0.291 e. The summed E-state index contributed by atoms with van der Waals surface area (Å²) >= 11 is 13.4. The van der Waals surface area contributed by atoms with Gasteiger partial charge in [-0.2, -0.15) is 12.8 Å². The minimum absolute atomic E-state index is 0.183. The fourth-order valence-corrected chi connectivity index (χ4v) is 4.09. The van der Waals surface area contributed by atoms with Gasteiger partial charge in [-0.1, -0.05) is 43.1 Å². The largest absolute Gasteiger partial charge is 0.490 e. The number of thiophene rings is 1. The molecule has 8 heteroatoms. The van der Waals surface area contributed by atoms with Crippen LogP contribution in [0.3, 0.4) is 0 Å². The van der Waals surface area contributed by atoms with Crippen LogP contribution in [0.25, 0.3) is 0 Å². The van der Waals surface area contributed by atoms with Gasteiger partial charge in [0.05, 0.1) is 16.7 Å². The van der Waals surface area contributed by atoms with E-state index in [4.69, 9.17) is 27.9 Å². The van der Waals surface area contributed by atoms with E-state index < -0.39 is 10.0 Å². The van der Waals surface area contributed by atoms with Crippen LogP contribution in [0.4, 0.5) is 0 Å². The molecular weight excluding hydrogens is 377 g/mol. The normalized spacial score (nSPS) is 12.2. The number of hydrogen-bond acceptors (Lipinski definition) is 4. The monoisotopic (exact) mass is 391 g/mol. The van der Waals surface area contributed by atoms with Crippen molar-refractivity contribution < 1.29 is 13.2 Å². The minimum atomic E-state index is -3.70. The molecule has 0 atom stereocenters. The third-order valence-corrected chi connectivity index (χ3v) is 5.84. The summed E-state index contributed by atoms with van der Waals surface area (Å²) in [5.74, 6) is 0.722. The van der Waals surface area contributed by atoms with Crippen molar-refractivity contribution in [2.45, 2.75) is 18.1 Å². The average molecular weight is 392 g/mol. The van der Waals surface area contributed by atoms with Crippen LogP contribution in [-0.2, 0) is 10.0 Å². The van der Waals surface area contributed by atoms with E-state index in [1.54, 1.807) is 23.6 Å². The highest BCUT2D eigenvalue weighted by Gasteiger charge is 2.14. The number of rotatable bonds is 6. The summed E-state index contributed by atoms with van der Waals surface area (Å²) in [5.41, 5.74) is 0.483. The molecule has 0 saturated heterocycles. The van der Waals surface area contributed by atoms with Crippen molar-refractivity contribution >= 4 is 50.8 Å². The van der Waals surface area contributed by atoms with Gasteiger partial charge in [-0.15, -0.1) is 11.3 Å². The smallest absolute Gasteiger partial charge is 0.291 e. The van der Waals surface area contributed by atoms with Crippen molar-refractivity contribution in [2.75, 3.05) is 6.61 Å². The van der Waals surface area contributed by atoms with E-state index in [9.17, 15) is 8.42 Å². The Morgan fingerprint density at radius 1 is 1.30 bits per heavy atom. The van der Waals surface area contributed by atoms with E-state index in [0.29, 0.717) is 33.9 Å². The number of nitrogens with zero attached hydrogens (tertiary/aromatic N) is 1. The molecule has 0 amide bonds. The zero-order valence-corrected chi connectivity index (χ0v) is 15.6. The maximum absolute atomic E-state index is 12.0. The van der Waals surface area contributed by atoms with Crippen LogP contribution < -0.4 is 4.74 Å². The highest BCUT2D eigenvalue weighted by Crippen LogP contribution is 2.34. The Morgan fingerprint density at radius 2 is 1.96 bits per heavy atom. The highest BCUT2D eigenvalue weighted by molar-refractivity contribution is 7.92. The van der Waals surface area contributed by atoms with Gasteiger partial charge in [-0.05, 0) is 35.1 Å². The molecule has 2 aromatic rings. The summed E-state index contributed by atoms with van der Waals surface area (Å²) in [5, 5.41) is 2.30. The second-order valence-electron chi connectivity index (χ2n) is 5.16. The summed E-state index contributed by atoms with van der Waals surface area (Å²) in [6, 6.07) is 6.29. The van der Waals surface area contributed by atoms with Crippen LogP contribution in [0.15, 0.2) is 38.3 Å². The molecule has 1 heterocycles. The Labute approximate surface area is 149 Å². The summed E-state index contributed by atoms with van der Waals surface area (Å²) in [6.07, 6.45) is 1.22. The first-order valence-corrected chi connectivity index (χ1v) is 9.83. The predicted octanol–water partition coefficient (Wildman–Crippen LogP) is 4.90. The second kappa shape index (κ2) is 7.66. The average Bonchev–Trinajstić information content (AvgIpc) is 2.99. The molecule has 0 spiro atoms. The van der Waals surface area contributed by atoms with Gasteiger partial charge in [0.1, 0.15) is 4.21 Å². The quantitative estimate of drug-likeness (QED) is 0.658. The second-order valence-corrected chi connectivity index (χ2v) is 8.78. The third kappa shape index (κ3) is 4.94. The molecule has 23 heavy (non-hydrogen) atoms. The molecular formula is C15H15Cl2NO3S2. The lowest BCUT2D eigenvalue weighted by Gasteiger charge is -2.12. The topological polar surface area (TPSA) is 55.7 Å². The first-order chi connectivity index (χ1) is 10.8. The molecule has 0 saturated carbocycles. The Hall–Kier alpha value is -1.08.